The lowest BCUT2D eigenvalue weighted by atomic mass is 10.1. The maximum absolute atomic E-state index is 14.0. The van der Waals surface area contributed by atoms with Crippen LogP contribution in [0.3, 0.4) is 0 Å². The predicted octanol–water partition coefficient (Wildman–Crippen LogP) is 8.27. The summed E-state index contributed by atoms with van der Waals surface area (Å²) >= 11 is 13.1. The van der Waals surface area contributed by atoms with Crippen molar-refractivity contribution in [2.75, 3.05) is 11.6 Å². The minimum atomic E-state index is -0.945. The summed E-state index contributed by atoms with van der Waals surface area (Å²) in [6, 6.07) is 11.5. The predicted molar refractivity (Wildman–Crippen MR) is 174 cm³/mol. The molecule has 2 amide bonds. The summed E-state index contributed by atoms with van der Waals surface area (Å²) in [5, 5.41) is 2.96. The first-order chi connectivity index (χ1) is 20.7. The van der Waals surface area contributed by atoms with E-state index in [2.05, 4.69) is 0 Å². The molecule has 0 unspecified atom stereocenters. The van der Waals surface area contributed by atoms with Crippen molar-refractivity contribution in [1.82, 2.24) is 9.58 Å². The van der Waals surface area contributed by atoms with Gasteiger partial charge in [-0.25, -0.2) is 29.0 Å². The Balaban J connectivity index is 2.01. The molecule has 1 aliphatic rings. The van der Waals surface area contributed by atoms with E-state index in [1.54, 1.807) is 92.6 Å². The first-order valence-electron chi connectivity index (χ1n) is 14.3. The second kappa shape index (κ2) is 12.1. The van der Waals surface area contributed by atoms with Crippen molar-refractivity contribution in [2.24, 2.45) is 0 Å². The van der Waals surface area contributed by atoms with Gasteiger partial charge in [0.15, 0.2) is 0 Å². The number of hydrogen-bond acceptors (Lipinski definition) is 7. The van der Waals surface area contributed by atoms with E-state index in [1.165, 1.54) is 28.2 Å². The summed E-state index contributed by atoms with van der Waals surface area (Å²) in [4.78, 5) is 55.0. The normalized spacial score (nSPS) is 15.2. The summed E-state index contributed by atoms with van der Waals surface area (Å²) in [6.07, 6.45) is -0.197. The van der Waals surface area contributed by atoms with E-state index in [0.717, 1.165) is 4.57 Å². The number of hydrazine groups is 1. The number of benzene rings is 2. The average Bonchev–Trinajstić information content (AvgIpc) is 3.36. The molecule has 10 nitrogen and oxygen atoms in total. The lowest BCUT2D eigenvalue weighted by molar-refractivity contribution is -0.115. The minimum absolute atomic E-state index is 0.115. The number of nitrogens with zero attached hydrogens (tertiary/aromatic N) is 3. The van der Waals surface area contributed by atoms with Gasteiger partial charge in [0.05, 0.1) is 22.8 Å². The van der Waals surface area contributed by atoms with Crippen LogP contribution < -0.4 is 5.01 Å². The highest BCUT2D eigenvalue weighted by Gasteiger charge is 2.41. The molecule has 12 heteroatoms. The van der Waals surface area contributed by atoms with Gasteiger partial charge in [-0.05, 0) is 92.7 Å². The third-order valence-electron chi connectivity index (χ3n) is 6.14. The second-order valence-corrected chi connectivity index (χ2v) is 14.4. The van der Waals surface area contributed by atoms with Crippen molar-refractivity contribution in [1.29, 1.82) is 0 Å². The number of anilines is 1. The molecule has 0 spiro atoms. The number of rotatable bonds is 3. The van der Waals surface area contributed by atoms with Gasteiger partial charge in [-0.15, -0.1) is 0 Å². The van der Waals surface area contributed by atoms with Crippen LogP contribution in [0.15, 0.2) is 48.0 Å². The number of fused-ring (bicyclic) bond motifs is 1. The van der Waals surface area contributed by atoms with Crippen LogP contribution in [0.1, 0.15) is 78.4 Å². The number of carbonyl (C=O) groups excluding carboxylic acids is 4. The Morgan fingerprint density at radius 2 is 1.36 bits per heavy atom. The fourth-order valence-electron chi connectivity index (χ4n) is 4.64. The van der Waals surface area contributed by atoms with Crippen LogP contribution in [0.2, 0.25) is 10.0 Å². The highest BCUT2D eigenvalue weighted by atomic mass is 35.5. The van der Waals surface area contributed by atoms with E-state index in [0.29, 0.717) is 5.69 Å². The van der Waals surface area contributed by atoms with E-state index in [4.69, 9.17) is 37.4 Å². The third kappa shape index (κ3) is 7.62. The van der Waals surface area contributed by atoms with Crippen LogP contribution >= 0.6 is 23.2 Å². The van der Waals surface area contributed by atoms with Gasteiger partial charge in [0.1, 0.15) is 22.5 Å². The van der Waals surface area contributed by atoms with Crippen LogP contribution in [0, 0.1) is 0 Å². The van der Waals surface area contributed by atoms with E-state index < -0.39 is 40.9 Å². The number of aromatic nitrogens is 1. The largest absolute Gasteiger partial charge is 0.455 e. The maximum atomic E-state index is 14.0. The van der Waals surface area contributed by atoms with Gasteiger partial charge in [0.2, 0.25) is 0 Å². The molecule has 1 aliphatic heterocycles. The number of ether oxygens (including phenoxy) is 3. The molecule has 1 fully saturated rings. The number of carbonyl (C=O) groups is 4. The summed E-state index contributed by atoms with van der Waals surface area (Å²) in [6.45, 7) is 15.1. The van der Waals surface area contributed by atoms with E-state index in [-0.39, 0.29) is 44.3 Å². The van der Waals surface area contributed by atoms with E-state index in [9.17, 15) is 19.2 Å². The molecule has 1 aromatic heterocycles. The summed E-state index contributed by atoms with van der Waals surface area (Å²) in [5.74, 6) is -1.41. The van der Waals surface area contributed by atoms with Gasteiger partial charge in [0.25, 0.3) is 5.91 Å². The maximum Gasteiger partial charge on any atom is 0.430 e. The lowest BCUT2D eigenvalue weighted by Gasteiger charge is -2.29. The molecular weight excluding hydrogens is 621 g/mol. The summed E-state index contributed by atoms with van der Waals surface area (Å²) in [7, 11) is 0. The average molecular weight is 659 g/mol. The van der Waals surface area contributed by atoms with Crippen molar-refractivity contribution in [3.63, 3.8) is 0 Å². The molecular formula is C33H37Cl2N3O7. The Morgan fingerprint density at radius 1 is 0.800 bits per heavy atom. The molecule has 1 saturated heterocycles. The topological polar surface area (TPSA) is 107 Å². The molecule has 2 aromatic carbocycles. The molecule has 3 aromatic rings. The van der Waals surface area contributed by atoms with Crippen molar-refractivity contribution >= 4 is 69.9 Å². The van der Waals surface area contributed by atoms with Gasteiger partial charge in [0, 0.05) is 21.5 Å². The van der Waals surface area contributed by atoms with Crippen LogP contribution in [-0.2, 0) is 19.0 Å². The summed E-state index contributed by atoms with van der Waals surface area (Å²) < 4.78 is 18.1. The highest BCUT2D eigenvalue weighted by molar-refractivity contribution is 6.39. The standard InChI is InChI=1S/C33H37Cl2N3O7/c1-31(2,3)43-28(40)26-22(25-23(35)16-20(34)17-24(25)37(26)30(42)45-33(7,8)9)15-19-18-36(29(41)44-32(4,5)6)38(27(19)39)21-13-11-10-12-14-21/h10-17H,18H2,1-9H3. The van der Waals surface area contributed by atoms with Crippen LogP contribution in [0.5, 0.6) is 0 Å². The lowest BCUT2D eigenvalue weighted by Crippen LogP contribution is -2.45. The number of amides is 2. The molecule has 240 valence electrons. The SMILES string of the molecule is CC(C)(C)OC(=O)c1c(C=C2CN(C(=O)OC(C)(C)C)N(c3ccccc3)C2=O)c2c(Cl)cc(Cl)cc2n1C(=O)OC(C)(C)C. The monoisotopic (exact) mass is 657 g/mol. The molecule has 2 heterocycles. The van der Waals surface area contributed by atoms with Crippen molar-refractivity contribution in [3.8, 4) is 0 Å². The zero-order valence-electron chi connectivity index (χ0n) is 26.8. The number of para-hydroxylation sites is 1. The zero-order valence-corrected chi connectivity index (χ0v) is 28.3. The van der Waals surface area contributed by atoms with E-state index in [1.807, 2.05) is 0 Å². The molecule has 0 N–H and O–H groups in total. The van der Waals surface area contributed by atoms with Gasteiger partial charge in [-0.2, -0.15) is 0 Å². The van der Waals surface area contributed by atoms with Crippen LogP contribution in [0.25, 0.3) is 17.0 Å². The fourth-order valence-corrected chi connectivity index (χ4v) is 5.23. The Hall–Kier alpha value is -4.02. The Kier molecular flexibility index (Phi) is 9.07. The third-order valence-corrected chi connectivity index (χ3v) is 6.66. The molecule has 0 radical (unpaired) electrons. The molecule has 0 bridgehead atoms. The molecule has 0 atom stereocenters. The molecule has 0 saturated carbocycles. The minimum Gasteiger partial charge on any atom is -0.455 e. The van der Waals surface area contributed by atoms with Gasteiger partial charge < -0.3 is 14.2 Å². The molecule has 0 aliphatic carbocycles. The fraction of sp³-hybridized carbons (Fsp3) is 0.394. The first-order valence-corrected chi connectivity index (χ1v) is 15.0. The number of halogens is 2. The van der Waals surface area contributed by atoms with Gasteiger partial charge in [-0.1, -0.05) is 41.4 Å². The second-order valence-electron chi connectivity index (χ2n) is 13.5. The molecule has 45 heavy (non-hydrogen) atoms. The Labute approximate surface area is 272 Å². The summed E-state index contributed by atoms with van der Waals surface area (Å²) in [5.41, 5.74) is -2.11. The van der Waals surface area contributed by atoms with Crippen molar-refractivity contribution in [3.05, 3.63) is 69.3 Å². The van der Waals surface area contributed by atoms with Crippen molar-refractivity contribution in [2.45, 2.75) is 79.1 Å². The quantitative estimate of drug-likeness (QED) is 0.158. The number of esters is 1. The first kappa shape index (κ1) is 33.9. The van der Waals surface area contributed by atoms with Crippen molar-refractivity contribution < 1.29 is 33.4 Å². The Bertz CT molecular complexity index is 1710. The number of hydrogen-bond donors (Lipinski definition) is 0. The molecule has 4 rings (SSSR count). The van der Waals surface area contributed by atoms with Gasteiger partial charge >= 0.3 is 18.2 Å². The van der Waals surface area contributed by atoms with E-state index >= 15 is 0 Å². The van der Waals surface area contributed by atoms with Gasteiger partial charge in [-0.3, -0.25) is 4.79 Å². The highest BCUT2D eigenvalue weighted by Crippen LogP contribution is 2.39. The van der Waals surface area contributed by atoms with Crippen LogP contribution in [-0.4, -0.2) is 57.0 Å². The zero-order chi connectivity index (χ0) is 33.6. The smallest absolute Gasteiger partial charge is 0.430 e. The van der Waals surface area contributed by atoms with Crippen LogP contribution in [0.4, 0.5) is 15.3 Å². The Morgan fingerprint density at radius 3 is 1.91 bits per heavy atom.